The van der Waals surface area contributed by atoms with Gasteiger partial charge in [0.2, 0.25) is 0 Å². The van der Waals surface area contributed by atoms with Crippen LogP contribution < -0.4 is 4.74 Å². The van der Waals surface area contributed by atoms with E-state index in [2.05, 4.69) is 4.98 Å². The van der Waals surface area contributed by atoms with Gasteiger partial charge in [0.15, 0.2) is 6.61 Å². The quantitative estimate of drug-likeness (QED) is 0.626. The summed E-state index contributed by atoms with van der Waals surface area (Å²) in [6.07, 6.45) is 1.55. The Hall–Kier alpha value is -1.78. The molecule has 1 aromatic heterocycles. The van der Waals surface area contributed by atoms with Crippen LogP contribution in [0, 0.1) is 0 Å². The normalized spacial score (nSPS) is 10.1. The minimum absolute atomic E-state index is 0.132. The Morgan fingerprint density at radius 2 is 1.85 bits per heavy atom. The molecule has 20 heavy (non-hydrogen) atoms. The lowest BCUT2D eigenvalue weighted by Crippen LogP contribution is -2.14. The van der Waals surface area contributed by atoms with E-state index < -0.39 is 5.97 Å². The van der Waals surface area contributed by atoms with E-state index in [1.165, 1.54) is 0 Å². The van der Waals surface area contributed by atoms with Crippen molar-refractivity contribution in [3.05, 3.63) is 58.3 Å². The topological polar surface area (TPSA) is 48.4 Å². The third-order valence-corrected chi connectivity index (χ3v) is 2.83. The zero-order valence-electron chi connectivity index (χ0n) is 10.4. The van der Waals surface area contributed by atoms with Gasteiger partial charge in [0.25, 0.3) is 0 Å². The van der Waals surface area contributed by atoms with Gasteiger partial charge in [-0.1, -0.05) is 29.3 Å². The smallest absolute Gasteiger partial charge is 0.344 e. The van der Waals surface area contributed by atoms with Gasteiger partial charge in [0.05, 0.1) is 0 Å². The number of benzene rings is 1. The van der Waals surface area contributed by atoms with Crippen LogP contribution in [0.25, 0.3) is 0 Å². The first-order valence-electron chi connectivity index (χ1n) is 5.78. The summed E-state index contributed by atoms with van der Waals surface area (Å²) in [4.78, 5) is 15.4. The molecule has 0 radical (unpaired) electrons. The van der Waals surface area contributed by atoms with Crippen LogP contribution in [0.5, 0.6) is 5.75 Å². The van der Waals surface area contributed by atoms with Gasteiger partial charge in [-0.15, -0.1) is 0 Å². The predicted octanol–water partition coefficient (Wildman–Crippen LogP) is 3.51. The summed E-state index contributed by atoms with van der Waals surface area (Å²) in [5.41, 5.74) is 0.759. The average Bonchev–Trinajstić information content (AvgIpc) is 2.46. The van der Waals surface area contributed by atoms with Crippen LogP contribution in [0.1, 0.15) is 5.56 Å². The lowest BCUT2D eigenvalue weighted by atomic mass is 10.3. The van der Waals surface area contributed by atoms with E-state index in [1.54, 1.807) is 42.6 Å². The number of ether oxygens (including phenoxy) is 2. The minimum Gasteiger partial charge on any atom is -0.482 e. The van der Waals surface area contributed by atoms with Crippen LogP contribution >= 0.6 is 23.2 Å². The maximum Gasteiger partial charge on any atom is 0.344 e. The highest BCUT2D eigenvalue weighted by atomic mass is 35.5. The van der Waals surface area contributed by atoms with Gasteiger partial charge in [-0.2, -0.15) is 0 Å². The van der Waals surface area contributed by atoms with Crippen LogP contribution in [0.3, 0.4) is 0 Å². The maximum atomic E-state index is 11.5. The Labute approximate surface area is 126 Å². The molecule has 0 aliphatic heterocycles. The first kappa shape index (κ1) is 14.6. The van der Waals surface area contributed by atoms with Crippen LogP contribution in [-0.4, -0.2) is 17.6 Å². The van der Waals surface area contributed by atoms with E-state index in [0.29, 0.717) is 15.9 Å². The highest BCUT2D eigenvalue weighted by Crippen LogP contribution is 2.15. The SMILES string of the molecule is O=C(COc1ccc(Cl)cc1)OCc1ccc(Cl)nc1. The highest BCUT2D eigenvalue weighted by molar-refractivity contribution is 6.30. The van der Waals surface area contributed by atoms with Gasteiger partial charge in [0, 0.05) is 16.8 Å². The van der Waals surface area contributed by atoms with Crippen molar-refractivity contribution in [1.82, 2.24) is 4.98 Å². The molecule has 0 aliphatic rings. The monoisotopic (exact) mass is 311 g/mol. The molecule has 0 fully saturated rings. The van der Waals surface area contributed by atoms with Gasteiger partial charge < -0.3 is 9.47 Å². The second-order valence-corrected chi connectivity index (χ2v) is 4.72. The van der Waals surface area contributed by atoms with E-state index in [0.717, 1.165) is 5.56 Å². The zero-order valence-corrected chi connectivity index (χ0v) is 11.9. The molecule has 0 unspecified atom stereocenters. The molecule has 2 rings (SSSR count). The number of carbonyl (C=O) groups excluding carboxylic acids is 1. The molecule has 4 nitrogen and oxygen atoms in total. The molecule has 6 heteroatoms. The fourth-order valence-electron chi connectivity index (χ4n) is 1.37. The molecule has 0 N–H and O–H groups in total. The molecule has 0 spiro atoms. The van der Waals surface area contributed by atoms with E-state index in [1.807, 2.05) is 0 Å². The molecule has 1 aromatic carbocycles. The van der Waals surface area contributed by atoms with Crippen LogP contribution in [0.2, 0.25) is 10.2 Å². The average molecular weight is 312 g/mol. The molecule has 2 aromatic rings. The Morgan fingerprint density at radius 1 is 1.10 bits per heavy atom. The summed E-state index contributed by atoms with van der Waals surface area (Å²) in [5, 5.41) is 1.00. The summed E-state index contributed by atoms with van der Waals surface area (Å²) in [6, 6.07) is 10.1. The Balaban J connectivity index is 1.75. The largest absolute Gasteiger partial charge is 0.482 e. The number of rotatable bonds is 5. The van der Waals surface area contributed by atoms with Crippen LogP contribution in [-0.2, 0) is 16.1 Å². The van der Waals surface area contributed by atoms with Crippen molar-refractivity contribution < 1.29 is 14.3 Å². The molecular weight excluding hydrogens is 301 g/mol. The van der Waals surface area contributed by atoms with Gasteiger partial charge in [-0.05, 0) is 30.3 Å². The molecule has 0 saturated heterocycles. The lowest BCUT2D eigenvalue weighted by Gasteiger charge is -2.07. The number of pyridine rings is 1. The molecule has 0 saturated carbocycles. The summed E-state index contributed by atoms with van der Waals surface area (Å²) >= 11 is 11.4. The van der Waals surface area contributed by atoms with Crippen molar-refractivity contribution in [3.63, 3.8) is 0 Å². The van der Waals surface area contributed by atoms with E-state index in [9.17, 15) is 4.79 Å². The molecule has 1 heterocycles. The number of esters is 1. The minimum atomic E-state index is -0.463. The van der Waals surface area contributed by atoms with Crippen molar-refractivity contribution in [1.29, 1.82) is 0 Å². The van der Waals surface area contributed by atoms with Gasteiger partial charge in [-0.25, -0.2) is 9.78 Å². The predicted molar refractivity (Wildman–Crippen MR) is 76.0 cm³/mol. The van der Waals surface area contributed by atoms with Gasteiger partial charge in [0.1, 0.15) is 17.5 Å². The van der Waals surface area contributed by atoms with Gasteiger partial charge >= 0.3 is 5.97 Å². The summed E-state index contributed by atoms with van der Waals surface area (Å²) in [7, 11) is 0. The molecule has 104 valence electrons. The first-order chi connectivity index (χ1) is 9.63. The second-order valence-electron chi connectivity index (χ2n) is 3.89. The number of hydrogen-bond acceptors (Lipinski definition) is 4. The van der Waals surface area contributed by atoms with E-state index >= 15 is 0 Å². The molecule has 0 amide bonds. The Bertz CT molecular complexity index is 518. The van der Waals surface area contributed by atoms with Crippen molar-refractivity contribution >= 4 is 29.2 Å². The zero-order chi connectivity index (χ0) is 14.4. The summed E-state index contributed by atoms with van der Waals surface area (Å²) < 4.78 is 10.3. The standard InChI is InChI=1S/C14H11Cl2NO3/c15-11-2-4-12(5-3-11)19-9-14(18)20-8-10-1-6-13(16)17-7-10/h1-7H,8-9H2. The fourth-order valence-corrected chi connectivity index (χ4v) is 1.61. The summed E-state index contributed by atoms with van der Waals surface area (Å²) in [6.45, 7) is -0.0321. The van der Waals surface area contributed by atoms with Crippen molar-refractivity contribution in [2.45, 2.75) is 6.61 Å². The molecule has 0 aliphatic carbocycles. The van der Waals surface area contributed by atoms with Crippen molar-refractivity contribution in [3.8, 4) is 5.75 Å². The lowest BCUT2D eigenvalue weighted by molar-refractivity contribution is -0.147. The Kier molecular flexibility index (Phi) is 5.21. The van der Waals surface area contributed by atoms with Crippen LogP contribution in [0.15, 0.2) is 42.6 Å². The number of carbonyl (C=O) groups is 1. The molecule has 0 bridgehead atoms. The number of aromatic nitrogens is 1. The Morgan fingerprint density at radius 3 is 2.50 bits per heavy atom. The fraction of sp³-hybridized carbons (Fsp3) is 0.143. The highest BCUT2D eigenvalue weighted by Gasteiger charge is 2.05. The number of halogens is 2. The summed E-state index contributed by atoms with van der Waals surface area (Å²) in [5.74, 6) is 0.0920. The van der Waals surface area contributed by atoms with Crippen LogP contribution in [0.4, 0.5) is 0 Å². The van der Waals surface area contributed by atoms with Crippen molar-refractivity contribution in [2.24, 2.45) is 0 Å². The number of hydrogen-bond donors (Lipinski definition) is 0. The second kappa shape index (κ2) is 7.12. The molecular formula is C14H11Cl2NO3. The van der Waals surface area contributed by atoms with E-state index in [-0.39, 0.29) is 13.2 Å². The first-order valence-corrected chi connectivity index (χ1v) is 6.53. The van der Waals surface area contributed by atoms with E-state index in [4.69, 9.17) is 32.7 Å². The van der Waals surface area contributed by atoms with Gasteiger partial charge in [-0.3, -0.25) is 0 Å². The van der Waals surface area contributed by atoms with Crippen molar-refractivity contribution in [2.75, 3.05) is 6.61 Å². The maximum absolute atomic E-state index is 11.5. The molecule has 0 atom stereocenters. The third-order valence-electron chi connectivity index (χ3n) is 2.36. The third kappa shape index (κ3) is 4.72. The number of nitrogens with zero attached hydrogens (tertiary/aromatic N) is 1.